The Bertz CT molecular complexity index is 1460. The molecule has 0 saturated carbocycles. The summed E-state index contributed by atoms with van der Waals surface area (Å²) in [4.78, 5) is 35.1. The maximum atomic E-state index is 13.9. The van der Waals surface area contributed by atoms with Crippen LogP contribution in [0.25, 0.3) is 10.9 Å². The molecule has 2 saturated heterocycles. The van der Waals surface area contributed by atoms with Crippen LogP contribution in [0, 0.1) is 11.3 Å². The molecule has 0 unspecified atom stereocenters. The number of aromatic amines is 1. The Hall–Kier alpha value is -3.47. The molecule has 37 heavy (non-hydrogen) atoms. The van der Waals surface area contributed by atoms with Crippen LogP contribution in [0.15, 0.2) is 30.3 Å². The Morgan fingerprint density at radius 3 is 2.51 bits per heavy atom. The van der Waals surface area contributed by atoms with Gasteiger partial charge >= 0.3 is 0 Å². The van der Waals surface area contributed by atoms with Crippen molar-refractivity contribution in [2.45, 2.75) is 45.1 Å². The predicted molar refractivity (Wildman–Crippen MR) is 143 cm³/mol. The molecule has 1 N–H and O–H groups in total. The van der Waals surface area contributed by atoms with E-state index >= 15 is 0 Å². The van der Waals surface area contributed by atoms with Crippen LogP contribution in [-0.2, 0) is 10.2 Å². The number of H-pyrrole nitrogens is 1. The average Bonchev–Trinajstić information content (AvgIpc) is 3.32. The molecule has 0 atom stereocenters. The maximum absolute atomic E-state index is 13.9. The van der Waals surface area contributed by atoms with Crippen LogP contribution in [-0.4, -0.2) is 66.9 Å². The smallest absolute Gasteiger partial charge is 0.195 e. The molecule has 1 aliphatic carbocycles. The van der Waals surface area contributed by atoms with E-state index in [2.05, 4.69) is 40.8 Å². The minimum absolute atomic E-state index is 0.0258. The number of carbonyl (C=O) groups is 2. The van der Waals surface area contributed by atoms with E-state index in [0.29, 0.717) is 28.3 Å². The van der Waals surface area contributed by atoms with Crippen LogP contribution in [0.4, 0.5) is 5.69 Å². The lowest BCUT2D eigenvalue weighted by Gasteiger charge is -2.42. The van der Waals surface area contributed by atoms with Crippen LogP contribution in [0.2, 0.25) is 0 Å². The van der Waals surface area contributed by atoms with E-state index in [1.54, 1.807) is 19.1 Å². The first kappa shape index (κ1) is 23.9. The van der Waals surface area contributed by atoms with E-state index in [9.17, 15) is 14.9 Å². The van der Waals surface area contributed by atoms with Gasteiger partial charge in [0.05, 0.1) is 30.4 Å². The molecule has 7 heteroatoms. The number of carbonyl (C=O) groups excluding carboxylic acids is 2. The first-order chi connectivity index (χ1) is 17.8. The highest BCUT2D eigenvalue weighted by Gasteiger charge is 2.41. The zero-order valence-corrected chi connectivity index (χ0v) is 21.7. The van der Waals surface area contributed by atoms with Crippen molar-refractivity contribution in [3.05, 3.63) is 63.8 Å². The standard InChI is InChI=1S/C30H32N4O3/c1-18(35)22-15-23-24(16-26(22)34-8-6-20(7-9-34)33-10-12-37-13-11-33)30(2,3)29-27(28(23)36)21-5-4-19(17-31)14-25(21)32-29/h4-5,14-16,20,32H,6-13H2,1-3H3. The number of nitrogens with zero attached hydrogens (tertiary/aromatic N) is 3. The molecule has 0 radical (unpaired) electrons. The second kappa shape index (κ2) is 8.83. The number of hydrogen-bond donors (Lipinski definition) is 1. The summed E-state index contributed by atoms with van der Waals surface area (Å²) in [6.45, 7) is 11.2. The number of ketones is 2. The third-order valence-corrected chi connectivity index (χ3v) is 8.58. The lowest BCUT2D eigenvalue weighted by atomic mass is 9.70. The summed E-state index contributed by atoms with van der Waals surface area (Å²) < 4.78 is 5.53. The molecule has 0 bridgehead atoms. The molecule has 6 rings (SSSR count). The number of rotatable bonds is 3. The third-order valence-electron chi connectivity index (χ3n) is 8.58. The first-order valence-electron chi connectivity index (χ1n) is 13.2. The number of nitrogens with one attached hydrogen (secondary N) is 1. The third kappa shape index (κ3) is 3.78. The van der Waals surface area contributed by atoms with Crippen LogP contribution >= 0.6 is 0 Å². The minimum Gasteiger partial charge on any atom is -0.379 e. The quantitative estimate of drug-likeness (QED) is 0.540. The number of nitriles is 1. The number of ether oxygens (including phenoxy) is 1. The Balaban J connectivity index is 1.40. The second-order valence-electron chi connectivity index (χ2n) is 11.0. The summed E-state index contributed by atoms with van der Waals surface area (Å²) in [6.07, 6.45) is 2.09. The van der Waals surface area contributed by atoms with Crippen LogP contribution in [0.5, 0.6) is 0 Å². The molecule has 0 spiro atoms. The highest BCUT2D eigenvalue weighted by atomic mass is 16.5. The average molecular weight is 497 g/mol. The van der Waals surface area contributed by atoms with Crippen molar-refractivity contribution in [3.63, 3.8) is 0 Å². The van der Waals surface area contributed by atoms with Crippen molar-refractivity contribution < 1.29 is 14.3 Å². The molecule has 2 aromatic carbocycles. The monoisotopic (exact) mass is 496 g/mol. The van der Waals surface area contributed by atoms with Gasteiger partial charge in [0.2, 0.25) is 0 Å². The van der Waals surface area contributed by atoms with Crippen LogP contribution < -0.4 is 4.90 Å². The summed E-state index contributed by atoms with van der Waals surface area (Å²) in [5.74, 6) is -0.0950. The Labute approximate surface area is 217 Å². The number of morpholine rings is 1. The van der Waals surface area contributed by atoms with Gasteiger partial charge in [-0.3, -0.25) is 14.5 Å². The number of benzene rings is 2. The minimum atomic E-state index is -0.472. The van der Waals surface area contributed by atoms with Crippen molar-refractivity contribution in [3.8, 4) is 6.07 Å². The molecule has 7 nitrogen and oxygen atoms in total. The fourth-order valence-electron chi connectivity index (χ4n) is 6.49. The molecule has 3 heterocycles. The van der Waals surface area contributed by atoms with Gasteiger partial charge < -0.3 is 14.6 Å². The van der Waals surface area contributed by atoms with E-state index < -0.39 is 5.41 Å². The van der Waals surface area contributed by atoms with Gasteiger partial charge in [0.1, 0.15) is 0 Å². The van der Waals surface area contributed by atoms with Gasteiger partial charge in [-0.05, 0) is 49.6 Å². The van der Waals surface area contributed by atoms with Crippen LogP contribution in [0.3, 0.4) is 0 Å². The van der Waals surface area contributed by atoms with Crippen molar-refractivity contribution in [1.82, 2.24) is 9.88 Å². The van der Waals surface area contributed by atoms with E-state index in [-0.39, 0.29) is 11.6 Å². The molecular weight excluding hydrogens is 464 g/mol. The fourth-order valence-corrected chi connectivity index (χ4v) is 6.49. The Kier molecular flexibility index (Phi) is 5.70. The SMILES string of the molecule is CC(=O)c1cc2c(cc1N1CCC(N3CCOCC3)CC1)C(C)(C)c1[nH]c3cc(C#N)ccc3c1C2=O. The highest BCUT2D eigenvalue weighted by molar-refractivity contribution is 6.21. The second-order valence-corrected chi connectivity index (χ2v) is 11.0. The zero-order valence-electron chi connectivity index (χ0n) is 21.7. The van der Waals surface area contributed by atoms with E-state index in [1.807, 2.05) is 12.1 Å². The Morgan fingerprint density at radius 2 is 1.84 bits per heavy atom. The lowest BCUT2D eigenvalue weighted by molar-refractivity contribution is 0.0115. The zero-order chi connectivity index (χ0) is 25.9. The first-order valence-corrected chi connectivity index (χ1v) is 13.2. The Morgan fingerprint density at radius 1 is 1.11 bits per heavy atom. The summed E-state index contributed by atoms with van der Waals surface area (Å²) in [5.41, 5.74) is 5.45. The maximum Gasteiger partial charge on any atom is 0.195 e. The topological polar surface area (TPSA) is 89.4 Å². The largest absolute Gasteiger partial charge is 0.379 e. The highest BCUT2D eigenvalue weighted by Crippen LogP contribution is 2.46. The normalized spacial score (nSPS) is 19.9. The number of Topliss-reactive ketones (excluding diaryl/α,β-unsaturated/α-hetero) is 1. The molecule has 0 amide bonds. The van der Waals surface area contributed by atoms with Gasteiger partial charge in [-0.25, -0.2) is 0 Å². The van der Waals surface area contributed by atoms with Crippen molar-refractivity contribution in [2.75, 3.05) is 44.3 Å². The summed E-state index contributed by atoms with van der Waals surface area (Å²) in [7, 11) is 0. The van der Waals surface area contributed by atoms with Gasteiger partial charge in [-0.2, -0.15) is 5.26 Å². The van der Waals surface area contributed by atoms with Crippen molar-refractivity contribution in [1.29, 1.82) is 5.26 Å². The molecule has 3 aromatic rings. The van der Waals surface area contributed by atoms with Gasteiger partial charge in [0.25, 0.3) is 0 Å². The van der Waals surface area contributed by atoms with Crippen molar-refractivity contribution >= 4 is 28.2 Å². The lowest BCUT2D eigenvalue weighted by Crippen LogP contribution is -2.49. The van der Waals surface area contributed by atoms with Gasteiger partial charge in [0.15, 0.2) is 11.6 Å². The number of aromatic nitrogens is 1. The number of fused-ring (bicyclic) bond motifs is 4. The van der Waals surface area contributed by atoms with E-state index in [0.717, 1.165) is 80.1 Å². The van der Waals surface area contributed by atoms with Gasteiger partial charge in [0, 0.05) is 71.0 Å². The summed E-state index contributed by atoms with van der Waals surface area (Å²) in [6, 6.07) is 12.0. The summed E-state index contributed by atoms with van der Waals surface area (Å²) >= 11 is 0. The molecular formula is C30H32N4O3. The fraction of sp³-hybridized carbons (Fsp3) is 0.433. The van der Waals surface area contributed by atoms with Crippen LogP contribution in [0.1, 0.15) is 76.7 Å². The van der Waals surface area contributed by atoms with E-state index in [1.165, 1.54) is 0 Å². The molecule has 2 aliphatic heterocycles. The van der Waals surface area contributed by atoms with Gasteiger partial charge in [-0.1, -0.05) is 19.9 Å². The van der Waals surface area contributed by atoms with E-state index in [4.69, 9.17) is 4.74 Å². The molecule has 2 fully saturated rings. The van der Waals surface area contributed by atoms with Gasteiger partial charge in [-0.15, -0.1) is 0 Å². The van der Waals surface area contributed by atoms with Crippen molar-refractivity contribution in [2.24, 2.45) is 0 Å². The summed E-state index contributed by atoms with van der Waals surface area (Å²) in [5, 5.41) is 10.2. The predicted octanol–water partition coefficient (Wildman–Crippen LogP) is 4.41. The molecule has 3 aliphatic rings. The number of hydrogen-bond acceptors (Lipinski definition) is 6. The number of anilines is 1. The molecule has 1 aromatic heterocycles. The molecule has 190 valence electrons. The number of piperidine rings is 1.